The molecule has 1 aromatic heterocycles. The summed E-state index contributed by atoms with van der Waals surface area (Å²) in [5.41, 5.74) is 5.46. The molecule has 3 N–H and O–H groups in total. The van der Waals surface area contributed by atoms with Gasteiger partial charge >= 0.3 is 0 Å². The predicted octanol–water partition coefficient (Wildman–Crippen LogP) is 1.53. The maximum Gasteiger partial charge on any atom is 0.224 e. The molecular weight excluding hydrogens is 200 g/mol. The molecule has 0 aliphatic carbocycles. The van der Waals surface area contributed by atoms with Crippen LogP contribution in [0.4, 0.5) is 5.82 Å². The average molecular weight is 217 g/mol. The van der Waals surface area contributed by atoms with Gasteiger partial charge in [-0.1, -0.05) is 13.8 Å². The highest BCUT2D eigenvalue weighted by molar-refractivity contribution is 6.28. The Kier molecular flexibility index (Phi) is 3.09. The van der Waals surface area contributed by atoms with Gasteiger partial charge in [-0.05, 0) is 23.6 Å². The third-order valence-electron chi connectivity index (χ3n) is 1.78. The predicted molar refractivity (Wildman–Crippen MR) is 58.3 cm³/mol. The molecule has 0 bridgehead atoms. The van der Waals surface area contributed by atoms with Gasteiger partial charge in [-0.25, -0.2) is 9.97 Å². The summed E-state index contributed by atoms with van der Waals surface area (Å²) in [5.74, 6) is 0.488. The largest absolute Gasteiger partial charge is 0.366 e. The van der Waals surface area contributed by atoms with E-state index in [4.69, 9.17) is 20.1 Å². The number of hydrogen-bond acceptors (Lipinski definition) is 4. The Bertz CT molecular complexity index is 354. The van der Waals surface area contributed by atoms with Crippen LogP contribution in [0.3, 0.4) is 0 Å². The van der Waals surface area contributed by atoms with Crippen molar-refractivity contribution in [1.82, 2.24) is 9.97 Å². The Morgan fingerprint density at radius 3 is 2.93 bits per heavy atom. The second-order valence-corrected chi connectivity index (χ2v) is 3.58. The first kappa shape index (κ1) is 8.44. The van der Waals surface area contributed by atoms with Crippen LogP contribution in [0.15, 0.2) is 12.3 Å². The van der Waals surface area contributed by atoms with Crippen molar-refractivity contribution in [2.24, 2.45) is 11.7 Å². The Hall–Kier alpha value is -0.870. The van der Waals surface area contributed by atoms with Gasteiger partial charge in [0.25, 0.3) is 0 Å². The lowest BCUT2D eigenvalue weighted by Gasteiger charge is -2.20. The molecule has 4 nitrogen and oxygen atoms in total. The van der Waals surface area contributed by atoms with E-state index in [9.17, 15) is 0 Å². The molecule has 0 saturated carbocycles. The fourth-order valence-corrected chi connectivity index (χ4v) is 1.12. The van der Waals surface area contributed by atoms with Crippen LogP contribution in [0.25, 0.3) is 0 Å². The molecular formula is C9H15ClN4. The molecule has 0 radical (unpaired) electrons. The van der Waals surface area contributed by atoms with E-state index in [1.54, 1.807) is 6.07 Å². The summed E-state index contributed by atoms with van der Waals surface area (Å²) in [6.45, 7) is 1.93. The van der Waals surface area contributed by atoms with Crippen molar-refractivity contribution in [2.75, 3.05) is 11.8 Å². The topological polar surface area (TPSA) is 63.8 Å². The summed E-state index contributed by atoms with van der Waals surface area (Å²) < 4.78 is 15.1. The monoisotopic (exact) mass is 216 g/mol. The Labute approximate surface area is 91.7 Å². The Morgan fingerprint density at radius 2 is 2.43 bits per heavy atom. The van der Waals surface area contributed by atoms with Gasteiger partial charge in [0.05, 0.1) is 0 Å². The molecule has 5 heteroatoms. The molecule has 0 aromatic carbocycles. The van der Waals surface area contributed by atoms with Crippen LogP contribution in [0.1, 0.15) is 16.6 Å². The molecule has 0 saturated heterocycles. The summed E-state index contributed by atoms with van der Waals surface area (Å²) in [6.07, 6.45) is 1.50. The fourth-order valence-electron chi connectivity index (χ4n) is 0.975. The highest BCUT2D eigenvalue weighted by Crippen LogP contribution is 2.10. The number of nitrogens with zero attached hydrogens (tertiary/aromatic N) is 2. The fraction of sp³-hybridized carbons (Fsp3) is 0.556. The first-order chi connectivity index (χ1) is 7.30. The molecule has 0 amide bonds. The highest BCUT2D eigenvalue weighted by Gasteiger charge is 2.11. The smallest absolute Gasteiger partial charge is 0.224 e. The van der Waals surface area contributed by atoms with Gasteiger partial charge in [-0.2, -0.15) is 0 Å². The van der Waals surface area contributed by atoms with Crippen LogP contribution in [-0.2, 0) is 0 Å². The third-order valence-corrected chi connectivity index (χ3v) is 1.96. The van der Waals surface area contributed by atoms with E-state index >= 15 is 0 Å². The van der Waals surface area contributed by atoms with Crippen LogP contribution in [-0.4, -0.2) is 22.5 Å². The van der Waals surface area contributed by atoms with E-state index in [-0.39, 0.29) is 11.2 Å². The molecule has 0 unspecified atom stereocenters. The van der Waals surface area contributed by atoms with E-state index in [1.807, 2.05) is 13.8 Å². The van der Waals surface area contributed by atoms with Crippen LogP contribution in [0.2, 0.25) is 5.28 Å². The second kappa shape index (κ2) is 5.12. The molecule has 1 rings (SSSR count). The van der Waals surface area contributed by atoms with Crippen LogP contribution in [0.5, 0.6) is 0 Å². The third kappa shape index (κ3) is 3.12. The van der Waals surface area contributed by atoms with E-state index in [2.05, 4.69) is 15.3 Å². The van der Waals surface area contributed by atoms with Crippen molar-refractivity contribution in [2.45, 2.75) is 19.9 Å². The maximum absolute atomic E-state index is 7.53. The van der Waals surface area contributed by atoms with Gasteiger partial charge in [0.2, 0.25) is 5.28 Å². The van der Waals surface area contributed by atoms with Gasteiger partial charge in [-0.15, -0.1) is 0 Å². The summed E-state index contributed by atoms with van der Waals surface area (Å²) in [5, 5.41) is 3.04. The van der Waals surface area contributed by atoms with E-state index in [1.165, 1.54) is 6.20 Å². The summed E-state index contributed by atoms with van der Waals surface area (Å²) in [6, 6.07) is 1.07. The van der Waals surface area contributed by atoms with Gasteiger partial charge in [-0.3, -0.25) is 0 Å². The zero-order chi connectivity index (χ0) is 12.3. The lowest BCUT2D eigenvalue weighted by molar-refractivity contribution is 0.530. The molecule has 1 aromatic rings. The van der Waals surface area contributed by atoms with Crippen LogP contribution in [0, 0.1) is 5.92 Å². The minimum absolute atomic E-state index is 0.0220. The van der Waals surface area contributed by atoms with Gasteiger partial charge in [0, 0.05) is 21.5 Å². The van der Waals surface area contributed by atoms with Crippen molar-refractivity contribution >= 4 is 17.4 Å². The molecule has 14 heavy (non-hydrogen) atoms. The minimum Gasteiger partial charge on any atom is -0.366 e. The average Bonchev–Trinajstić information content (AvgIpc) is 2.12. The number of hydrogen-bond donors (Lipinski definition) is 2. The lowest BCUT2D eigenvalue weighted by Crippen LogP contribution is -2.34. The van der Waals surface area contributed by atoms with E-state index in [0.29, 0.717) is 5.82 Å². The zero-order valence-electron chi connectivity index (χ0n) is 10.2. The normalized spacial score (nSPS) is 16.1. The van der Waals surface area contributed by atoms with Crippen molar-refractivity contribution < 1.29 is 2.74 Å². The number of rotatable bonds is 4. The Balaban J connectivity index is 2.84. The van der Waals surface area contributed by atoms with Crippen LogP contribution >= 0.6 is 11.6 Å². The molecule has 0 aliphatic rings. The number of halogens is 1. The number of nitrogens with two attached hydrogens (primary N) is 1. The molecule has 1 heterocycles. The maximum atomic E-state index is 7.53. The molecule has 0 fully saturated rings. The van der Waals surface area contributed by atoms with Crippen molar-refractivity contribution in [3.05, 3.63) is 17.5 Å². The van der Waals surface area contributed by atoms with E-state index < -0.39 is 12.5 Å². The zero-order valence-corrected chi connectivity index (χ0v) is 8.92. The van der Waals surface area contributed by atoms with Crippen molar-refractivity contribution in [1.29, 1.82) is 0 Å². The number of aromatic nitrogens is 2. The number of nitrogens with one attached hydrogen (secondary N) is 1. The van der Waals surface area contributed by atoms with Crippen molar-refractivity contribution in [3.63, 3.8) is 0 Å². The number of anilines is 1. The second-order valence-electron chi connectivity index (χ2n) is 3.24. The summed E-state index contributed by atoms with van der Waals surface area (Å²) in [4.78, 5) is 7.67. The molecule has 78 valence electrons. The molecule has 1 atom stereocenters. The molecule has 0 aliphatic heterocycles. The standard InChI is InChI=1S/C9H15ClN4/c1-6(2)7(5-11)13-8-3-4-12-9(10)14-8/h3-4,6-7H,5,11H2,1-2H3,(H,12,13,14)/t7-/m1/s1/i5D2. The summed E-state index contributed by atoms with van der Waals surface area (Å²) >= 11 is 5.63. The van der Waals surface area contributed by atoms with Gasteiger partial charge in [0.15, 0.2) is 0 Å². The first-order valence-electron chi connectivity index (χ1n) is 5.34. The van der Waals surface area contributed by atoms with Crippen LogP contribution < -0.4 is 11.1 Å². The highest BCUT2D eigenvalue weighted by atomic mass is 35.5. The molecule has 0 spiro atoms. The quantitative estimate of drug-likeness (QED) is 0.750. The first-order valence-corrected chi connectivity index (χ1v) is 4.72. The van der Waals surface area contributed by atoms with E-state index in [0.717, 1.165) is 0 Å². The lowest BCUT2D eigenvalue weighted by atomic mass is 10.1. The summed E-state index contributed by atoms with van der Waals surface area (Å²) in [7, 11) is 0. The van der Waals surface area contributed by atoms with Gasteiger partial charge in [0.1, 0.15) is 5.82 Å². The minimum atomic E-state index is -1.83. The van der Waals surface area contributed by atoms with Gasteiger partial charge < -0.3 is 11.1 Å². The van der Waals surface area contributed by atoms with Crippen molar-refractivity contribution in [3.8, 4) is 0 Å². The Morgan fingerprint density at radius 1 is 1.71 bits per heavy atom. The SMILES string of the molecule is [2H]C([2H])(N)[C@@H](Nc1ccnc(Cl)n1)C(C)C.